The van der Waals surface area contributed by atoms with Crippen molar-refractivity contribution in [2.45, 2.75) is 70.2 Å². The predicted molar refractivity (Wildman–Crippen MR) is 153 cm³/mol. The summed E-state index contributed by atoms with van der Waals surface area (Å²) in [6.07, 6.45) is 12.6. The van der Waals surface area contributed by atoms with E-state index in [9.17, 15) is 4.79 Å². The molecule has 9 nitrogen and oxygen atoms in total. The number of hydrogen-bond donors (Lipinski definition) is 2. The van der Waals surface area contributed by atoms with Crippen molar-refractivity contribution in [2.24, 2.45) is 0 Å². The number of nitrogens with zero attached hydrogens (tertiary/aromatic N) is 5. The highest BCUT2D eigenvalue weighted by Crippen LogP contribution is 2.26. The Balaban J connectivity index is 0.00000353. The van der Waals surface area contributed by atoms with Crippen LogP contribution in [0.15, 0.2) is 61.1 Å². The minimum atomic E-state index is -0.295. The van der Waals surface area contributed by atoms with Gasteiger partial charge < -0.3 is 20.3 Å². The third-order valence-corrected chi connectivity index (χ3v) is 7.84. The second-order valence-electron chi connectivity index (χ2n) is 10.5. The SMILES string of the molecule is CC(CCn1cccn1)N(C)C1CCN(c2ccc(NC(=O)Nc3ccc(OC4CCCC4)nc3)cc2)C1.[HH]. The number of benzene rings is 1. The van der Waals surface area contributed by atoms with Crippen LogP contribution in [0.4, 0.5) is 21.9 Å². The molecule has 0 bridgehead atoms. The molecular weight excluding hydrogens is 478 g/mol. The Bertz CT molecular complexity index is 1150. The first-order valence-corrected chi connectivity index (χ1v) is 13.8. The van der Waals surface area contributed by atoms with Crippen LogP contribution < -0.4 is 20.3 Å². The Labute approximate surface area is 226 Å². The molecule has 1 aliphatic heterocycles. The zero-order valence-electron chi connectivity index (χ0n) is 22.4. The van der Waals surface area contributed by atoms with E-state index in [1.807, 2.05) is 47.4 Å². The summed E-state index contributed by atoms with van der Waals surface area (Å²) in [6, 6.07) is 14.4. The van der Waals surface area contributed by atoms with E-state index in [-0.39, 0.29) is 13.6 Å². The fourth-order valence-corrected chi connectivity index (χ4v) is 5.37. The van der Waals surface area contributed by atoms with E-state index in [1.54, 1.807) is 6.20 Å². The Morgan fingerprint density at radius 3 is 2.61 bits per heavy atom. The van der Waals surface area contributed by atoms with Crippen molar-refractivity contribution in [3.05, 3.63) is 61.1 Å². The molecule has 1 aliphatic carbocycles. The highest BCUT2D eigenvalue weighted by Gasteiger charge is 2.28. The third-order valence-electron chi connectivity index (χ3n) is 7.84. The molecule has 2 fully saturated rings. The topological polar surface area (TPSA) is 87.6 Å². The van der Waals surface area contributed by atoms with E-state index in [0.717, 1.165) is 51.0 Å². The average Bonchev–Trinajstić information content (AvgIpc) is 3.72. The van der Waals surface area contributed by atoms with Crippen molar-refractivity contribution in [1.29, 1.82) is 0 Å². The molecule has 1 aromatic carbocycles. The smallest absolute Gasteiger partial charge is 0.323 e. The number of hydrogen-bond acceptors (Lipinski definition) is 6. The summed E-state index contributed by atoms with van der Waals surface area (Å²) in [4.78, 5) is 21.8. The molecule has 2 aromatic heterocycles. The summed E-state index contributed by atoms with van der Waals surface area (Å²) in [5.41, 5.74) is 2.56. The van der Waals surface area contributed by atoms with Gasteiger partial charge in [0.1, 0.15) is 6.10 Å². The summed E-state index contributed by atoms with van der Waals surface area (Å²) in [6.45, 7) is 5.27. The number of urea groups is 1. The first-order valence-electron chi connectivity index (χ1n) is 13.8. The van der Waals surface area contributed by atoms with Gasteiger partial charge in [-0.05, 0) is 88.9 Å². The molecule has 5 rings (SSSR count). The molecule has 1 saturated heterocycles. The molecule has 0 radical (unpaired) electrons. The maximum Gasteiger partial charge on any atom is 0.323 e. The summed E-state index contributed by atoms with van der Waals surface area (Å²) in [7, 11) is 2.24. The maximum absolute atomic E-state index is 12.5. The van der Waals surface area contributed by atoms with Gasteiger partial charge in [0, 0.05) is 63.0 Å². The number of ether oxygens (including phenoxy) is 1. The van der Waals surface area contributed by atoms with Crippen LogP contribution >= 0.6 is 0 Å². The van der Waals surface area contributed by atoms with E-state index < -0.39 is 0 Å². The lowest BCUT2D eigenvalue weighted by atomic mass is 10.1. The number of carbonyl (C=O) groups is 1. The molecule has 3 aromatic rings. The number of likely N-dealkylation sites (N-methyl/N-ethyl adjacent to an activating group) is 1. The van der Waals surface area contributed by atoms with Crippen LogP contribution in [-0.2, 0) is 6.54 Å². The molecule has 0 spiro atoms. The Kier molecular flexibility index (Phi) is 8.43. The van der Waals surface area contributed by atoms with Crippen molar-refractivity contribution < 1.29 is 11.0 Å². The van der Waals surface area contributed by atoms with Crippen LogP contribution in [0.25, 0.3) is 0 Å². The molecular formula is C29H41N7O2. The van der Waals surface area contributed by atoms with Gasteiger partial charge in [0.25, 0.3) is 0 Å². The summed E-state index contributed by atoms with van der Waals surface area (Å²) in [5.74, 6) is 0.609. The van der Waals surface area contributed by atoms with Gasteiger partial charge in [0.15, 0.2) is 0 Å². The van der Waals surface area contributed by atoms with Gasteiger partial charge in [-0.1, -0.05) is 0 Å². The minimum Gasteiger partial charge on any atom is -0.474 e. The second kappa shape index (κ2) is 12.3. The van der Waals surface area contributed by atoms with Crippen molar-refractivity contribution in [1.82, 2.24) is 19.7 Å². The Morgan fingerprint density at radius 2 is 1.89 bits per heavy atom. The van der Waals surface area contributed by atoms with Crippen LogP contribution in [0.1, 0.15) is 46.9 Å². The fraction of sp³-hybridized carbons (Fsp3) is 0.483. The summed E-state index contributed by atoms with van der Waals surface area (Å²) >= 11 is 0. The standard InChI is InChI=1S/C29H39N7O2.H2/c1-22(14-19-36-17-5-16-31-36)34(2)26-15-18-35(21-26)25-11-8-23(9-12-25)32-29(37)33-24-10-13-28(30-20-24)38-27-6-3-4-7-27;/h5,8-13,16-17,20,22,26-27H,3-4,6-7,14-15,18-19,21H2,1-2H3,(H2,32,33,37);1H. The molecule has 1 saturated carbocycles. The summed E-state index contributed by atoms with van der Waals surface area (Å²) in [5, 5.41) is 10.1. The maximum atomic E-state index is 12.5. The number of carbonyl (C=O) groups excluding carboxylic acids is 1. The van der Waals surface area contributed by atoms with Crippen molar-refractivity contribution >= 4 is 23.1 Å². The summed E-state index contributed by atoms with van der Waals surface area (Å²) < 4.78 is 7.89. The lowest BCUT2D eigenvalue weighted by Gasteiger charge is -2.31. The first kappa shape index (κ1) is 26.0. The van der Waals surface area contributed by atoms with Crippen LogP contribution in [0.3, 0.4) is 0 Å². The average molecular weight is 520 g/mol. The van der Waals surface area contributed by atoms with Crippen LogP contribution in [-0.4, -0.2) is 64.0 Å². The number of anilines is 3. The molecule has 2 unspecified atom stereocenters. The molecule has 2 N–H and O–H groups in total. The van der Waals surface area contributed by atoms with Gasteiger partial charge in [-0.3, -0.25) is 9.58 Å². The normalized spacial score (nSPS) is 18.6. The van der Waals surface area contributed by atoms with Crippen molar-refractivity contribution in [3.63, 3.8) is 0 Å². The molecule has 3 heterocycles. The van der Waals surface area contributed by atoms with Gasteiger partial charge in [-0.2, -0.15) is 5.10 Å². The lowest BCUT2D eigenvalue weighted by molar-refractivity contribution is 0.182. The number of aromatic nitrogens is 3. The largest absolute Gasteiger partial charge is 0.474 e. The quantitative estimate of drug-likeness (QED) is 0.369. The van der Waals surface area contributed by atoms with Gasteiger partial charge >= 0.3 is 6.03 Å². The van der Waals surface area contributed by atoms with Crippen LogP contribution in [0.2, 0.25) is 0 Å². The highest BCUT2D eigenvalue weighted by atomic mass is 16.5. The number of amides is 2. The van der Waals surface area contributed by atoms with Gasteiger partial charge in [-0.15, -0.1) is 0 Å². The number of rotatable bonds is 10. The Hall–Kier alpha value is -3.59. The monoisotopic (exact) mass is 519 g/mol. The van der Waals surface area contributed by atoms with E-state index in [4.69, 9.17) is 4.74 Å². The molecule has 2 amide bonds. The molecule has 9 heteroatoms. The minimum absolute atomic E-state index is 0. The third kappa shape index (κ3) is 6.83. The first-order chi connectivity index (χ1) is 18.5. The molecule has 204 valence electrons. The van der Waals surface area contributed by atoms with Crippen molar-refractivity contribution in [3.8, 4) is 5.88 Å². The van der Waals surface area contributed by atoms with E-state index >= 15 is 0 Å². The van der Waals surface area contributed by atoms with E-state index in [2.05, 4.69) is 56.6 Å². The Morgan fingerprint density at radius 1 is 1.13 bits per heavy atom. The number of nitrogens with one attached hydrogen (secondary N) is 2. The van der Waals surface area contributed by atoms with Crippen LogP contribution in [0, 0.1) is 0 Å². The second-order valence-corrected chi connectivity index (χ2v) is 10.5. The molecule has 38 heavy (non-hydrogen) atoms. The van der Waals surface area contributed by atoms with Crippen LogP contribution in [0.5, 0.6) is 5.88 Å². The fourth-order valence-electron chi connectivity index (χ4n) is 5.37. The zero-order chi connectivity index (χ0) is 26.3. The van der Waals surface area contributed by atoms with Gasteiger partial charge in [0.05, 0.1) is 11.9 Å². The molecule has 2 aliphatic rings. The van der Waals surface area contributed by atoms with Gasteiger partial charge in [0.2, 0.25) is 5.88 Å². The molecule has 2 atom stereocenters. The van der Waals surface area contributed by atoms with E-state index in [1.165, 1.54) is 18.5 Å². The van der Waals surface area contributed by atoms with Crippen molar-refractivity contribution in [2.75, 3.05) is 35.7 Å². The van der Waals surface area contributed by atoms with E-state index in [0.29, 0.717) is 23.7 Å². The van der Waals surface area contributed by atoms with Gasteiger partial charge in [-0.25, -0.2) is 9.78 Å². The lowest BCUT2D eigenvalue weighted by Crippen LogP contribution is -2.41. The highest BCUT2D eigenvalue weighted by molar-refractivity contribution is 5.99. The number of pyridine rings is 1. The zero-order valence-corrected chi connectivity index (χ0v) is 22.4. The predicted octanol–water partition coefficient (Wildman–Crippen LogP) is 5.48. The number of aryl methyl sites for hydroxylation is 1.